The fraction of sp³-hybridized carbons (Fsp3) is 0.222. The van der Waals surface area contributed by atoms with Crippen molar-refractivity contribution in [3.63, 3.8) is 0 Å². The molecule has 0 radical (unpaired) electrons. The highest BCUT2D eigenvalue weighted by Gasteiger charge is 2.20. The van der Waals surface area contributed by atoms with Crippen LogP contribution in [0.1, 0.15) is 10.4 Å². The summed E-state index contributed by atoms with van der Waals surface area (Å²) in [4.78, 5) is 11.2. The van der Waals surface area contributed by atoms with Gasteiger partial charge in [-0.15, -0.1) is 0 Å². The quantitative estimate of drug-likeness (QED) is 0.662. The average Bonchev–Trinajstić information content (AvgIpc) is 2.13. The molecular weight excluding hydrogens is 277 g/mol. The lowest BCUT2D eigenvalue weighted by molar-refractivity contribution is 0.0517. The van der Waals surface area contributed by atoms with Crippen LogP contribution in [-0.2, 0) is 14.9 Å². The van der Waals surface area contributed by atoms with Crippen LogP contribution >= 0.6 is 0 Å². The zero-order valence-corrected chi connectivity index (χ0v) is 9.51. The maximum absolute atomic E-state index is 13.1. The number of rotatable bonds is 4. The van der Waals surface area contributed by atoms with Crippen molar-refractivity contribution in [3.05, 3.63) is 35.1 Å². The Kier molecular flexibility index (Phi) is 4.30. The van der Waals surface area contributed by atoms with Crippen molar-refractivity contribution in [2.75, 3.05) is 12.4 Å². The Bertz CT molecular complexity index is 547. The molecule has 1 N–H and O–H groups in total. The highest BCUT2D eigenvalue weighted by molar-refractivity contribution is 7.85. The fourth-order valence-corrected chi connectivity index (χ4v) is 1.34. The molecule has 0 aromatic heterocycles. The summed E-state index contributed by atoms with van der Waals surface area (Å²) in [6.07, 6.45) is 0. The number of esters is 1. The SMILES string of the molecule is O=C(OCCS(=O)(=O)O)c1c(F)cc(F)cc1F. The van der Waals surface area contributed by atoms with Crippen molar-refractivity contribution in [3.8, 4) is 0 Å². The third-order valence-corrected chi connectivity index (χ3v) is 2.47. The van der Waals surface area contributed by atoms with Crippen LogP contribution in [0.25, 0.3) is 0 Å². The minimum atomic E-state index is -4.35. The van der Waals surface area contributed by atoms with Gasteiger partial charge in [0.2, 0.25) is 0 Å². The second kappa shape index (κ2) is 5.36. The van der Waals surface area contributed by atoms with Crippen LogP contribution in [0.4, 0.5) is 13.2 Å². The Labute approximate surface area is 99.9 Å². The molecule has 0 unspecified atom stereocenters. The van der Waals surface area contributed by atoms with Crippen LogP contribution in [0, 0.1) is 17.5 Å². The maximum Gasteiger partial charge on any atom is 0.344 e. The van der Waals surface area contributed by atoms with Crippen LogP contribution in [0.15, 0.2) is 12.1 Å². The Morgan fingerprint density at radius 2 is 1.72 bits per heavy atom. The van der Waals surface area contributed by atoms with Gasteiger partial charge in [-0.25, -0.2) is 18.0 Å². The van der Waals surface area contributed by atoms with Crippen molar-refractivity contribution in [1.29, 1.82) is 0 Å². The predicted molar refractivity (Wildman–Crippen MR) is 53.0 cm³/mol. The van der Waals surface area contributed by atoms with Crippen LogP contribution in [-0.4, -0.2) is 31.3 Å². The molecule has 0 bridgehead atoms. The summed E-state index contributed by atoms with van der Waals surface area (Å²) in [6.45, 7) is -0.784. The van der Waals surface area contributed by atoms with Gasteiger partial charge >= 0.3 is 5.97 Å². The van der Waals surface area contributed by atoms with E-state index in [0.717, 1.165) is 0 Å². The normalized spacial score (nSPS) is 11.3. The second-order valence-electron chi connectivity index (χ2n) is 3.17. The smallest absolute Gasteiger partial charge is 0.344 e. The van der Waals surface area contributed by atoms with Gasteiger partial charge < -0.3 is 4.74 Å². The van der Waals surface area contributed by atoms with E-state index in [1.54, 1.807) is 0 Å². The standard InChI is InChI=1S/C9H7F3O5S/c10-5-3-6(11)8(7(12)4-5)9(13)17-1-2-18(14,15)16/h3-4H,1-2H2,(H,14,15,16). The molecule has 0 saturated heterocycles. The monoisotopic (exact) mass is 284 g/mol. The predicted octanol–water partition coefficient (Wildman–Crippen LogP) is 1.15. The van der Waals surface area contributed by atoms with Crippen molar-refractivity contribution in [2.45, 2.75) is 0 Å². The minimum Gasteiger partial charge on any atom is -0.461 e. The Hall–Kier alpha value is -1.61. The van der Waals surface area contributed by atoms with Crippen molar-refractivity contribution in [1.82, 2.24) is 0 Å². The number of hydrogen-bond donors (Lipinski definition) is 1. The van der Waals surface area contributed by atoms with E-state index in [1.165, 1.54) is 0 Å². The van der Waals surface area contributed by atoms with E-state index in [4.69, 9.17) is 4.55 Å². The molecule has 0 aliphatic heterocycles. The number of carbonyl (C=O) groups is 1. The van der Waals surface area contributed by atoms with Gasteiger partial charge in [0.15, 0.2) is 0 Å². The summed E-state index contributed by atoms with van der Waals surface area (Å²) >= 11 is 0. The maximum atomic E-state index is 13.1. The van der Waals surface area contributed by atoms with E-state index >= 15 is 0 Å². The Morgan fingerprint density at radius 3 is 2.17 bits per heavy atom. The van der Waals surface area contributed by atoms with E-state index in [1.807, 2.05) is 0 Å². The molecule has 1 rings (SSSR count). The van der Waals surface area contributed by atoms with Gasteiger partial charge in [-0.05, 0) is 0 Å². The molecule has 0 amide bonds. The Balaban J connectivity index is 2.80. The molecule has 100 valence electrons. The molecule has 0 heterocycles. The first kappa shape index (κ1) is 14.5. The first-order valence-corrected chi connectivity index (χ1v) is 6.08. The number of ether oxygens (including phenoxy) is 1. The molecular formula is C9H7F3O5S. The first-order valence-electron chi connectivity index (χ1n) is 4.47. The lowest BCUT2D eigenvalue weighted by Gasteiger charge is -2.05. The molecule has 0 aliphatic carbocycles. The van der Waals surface area contributed by atoms with Gasteiger partial charge in [-0.2, -0.15) is 8.42 Å². The fourth-order valence-electron chi connectivity index (χ4n) is 1.05. The van der Waals surface area contributed by atoms with Crippen LogP contribution in [0.2, 0.25) is 0 Å². The number of benzene rings is 1. The van der Waals surface area contributed by atoms with Crippen molar-refractivity contribution >= 4 is 16.1 Å². The van der Waals surface area contributed by atoms with Gasteiger partial charge in [-0.3, -0.25) is 4.55 Å². The molecule has 0 fully saturated rings. The van der Waals surface area contributed by atoms with Crippen molar-refractivity contribution < 1.29 is 35.7 Å². The number of carbonyl (C=O) groups excluding carboxylic acids is 1. The molecule has 1 aromatic rings. The van der Waals surface area contributed by atoms with Crippen LogP contribution < -0.4 is 0 Å². The number of halogens is 3. The third kappa shape index (κ3) is 4.00. The van der Waals surface area contributed by atoms with E-state index in [0.29, 0.717) is 0 Å². The molecule has 1 aromatic carbocycles. The highest BCUT2D eigenvalue weighted by Crippen LogP contribution is 2.15. The van der Waals surface area contributed by atoms with E-state index < -0.39 is 51.5 Å². The van der Waals surface area contributed by atoms with Crippen LogP contribution in [0.5, 0.6) is 0 Å². The lowest BCUT2D eigenvalue weighted by Crippen LogP contribution is -2.16. The van der Waals surface area contributed by atoms with Gasteiger partial charge in [0.25, 0.3) is 10.1 Å². The average molecular weight is 284 g/mol. The summed E-state index contributed by atoms with van der Waals surface area (Å²) in [7, 11) is -4.35. The van der Waals surface area contributed by atoms with E-state index in [9.17, 15) is 26.4 Å². The largest absolute Gasteiger partial charge is 0.461 e. The molecule has 5 nitrogen and oxygen atoms in total. The second-order valence-corrected chi connectivity index (χ2v) is 4.74. The molecule has 0 saturated carbocycles. The van der Waals surface area contributed by atoms with Crippen molar-refractivity contribution in [2.24, 2.45) is 0 Å². The van der Waals surface area contributed by atoms with E-state index in [2.05, 4.69) is 4.74 Å². The zero-order valence-electron chi connectivity index (χ0n) is 8.69. The van der Waals surface area contributed by atoms with Gasteiger partial charge in [0, 0.05) is 12.1 Å². The Morgan fingerprint density at radius 1 is 1.22 bits per heavy atom. The third-order valence-electron chi connectivity index (χ3n) is 1.79. The summed E-state index contributed by atoms with van der Waals surface area (Å²) in [5, 5.41) is 0. The first-order chi connectivity index (χ1) is 8.20. The summed E-state index contributed by atoms with van der Waals surface area (Å²) in [6, 6.07) is 0.560. The number of hydrogen-bond acceptors (Lipinski definition) is 4. The van der Waals surface area contributed by atoms with Crippen LogP contribution in [0.3, 0.4) is 0 Å². The molecule has 9 heteroatoms. The molecule has 0 atom stereocenters. The summed E-state index contributed by atoms with van der Waals surface area (Å²) < 4.78 is 71.8. The highest BCUT2D eigenvalue weighted by atomic mass is 32.2. The molecule has 18 heavy (non-hydrogen) atoms. The van der Waals surface area contributed by atoms with Gasteiger partial charge in [-0.1, -0.05) is 0 Å². The minimum absolute atomic E-state index is 0.280. The van der Waals surface area contributed by atoms with E-state index in [-0.39, 0.29) is 12.1 Å². The zero-order chi connectivity index (χ0) is 13.9. The van der Waals surface area contributed by atoms with Gasteiger partial charge in [0.05, 0.1) is 0 Å². The molecule has 0 aliphatic rings. The summed E-state index contributed by atoms with van der Waals surface area (Å²) in [5.41, 5.74) is -1.13. The van der Waals surface area contributed by atoms with Gasteiger partial charge in [0.1, 0.15) is 35.4 Å². The lowest BCUT2D eigenvalue weighted by atomic mass is 10.2. The molecule has 0 spiro atoms. The topological polar surface area (TPSA) is 80.7 Å². The summed E-state index contributed by atoms with van der Waals surface area (Å²) in [5.74, 6) is -6.55.